The fourth-order valence-corrected chi connectivity index (χ4v) is 3.39. The Kier molecular flexibility index (Phi) is 4.45. The number of aryl methyl sites for hydroxylation is 1. The third-order valence-electron chi connectivity index (χ3n) is 4.23. The normalized spacial score (nSPS) is 26.4. The van der Waals surface area contributed by atoms with Crippen molar-refractivity contribution in [3.05, 3.63) is 35.9 Å². The Hall–Kier alpha value is -0.820. The molecule has 1 aromatic rings. The molecule has 100 valence electrons. The van der Waals surface area contributed by atoms with E-state index in [1.54, 1.807) is 0 Å². The first-order valence-corrected chi connectivity index (χ1v) is 7.34. The largest absolute Gasteiger partial charge is 0.314 e. The molecule has 0 amide bonds. The molecule has 1 aliphatic carbocycles. The van der Waals surface area contributed by atoms with Gasteiger partial charge in [-0.15, -0.1) is 0 Å². The van der Waals surface area contributed by atoms with Crippen molar-refractivity contribution >= 4 is 0 Å². The summed E-state index contributed by atoms with van der Waals surface area (Å²) >= 11 is 0. The SMILES string of the molecule is CC1CC(C)(C)CC1NCCCc1ccccc1. The Morgan fingerprint density at radius 2 is 1.89 bits per heavy atom. The molecule has 2 unspecified atom stereocenters. The molecule has 1 fully saturated rings. The first-order chi connectivity index (χ1) is 8.57. The zero-order valence-electron chi connectivity index (χ0n) is 12.1. The van der Waals surface area contributed by atoms with Gasteiger partial charge in [-0.1, -0.05) is 51.1 Å². The Balaban J connectivity index is 1.67. The number of nitrogens with one attached hydrogen (secondary N) is 1. The Morgan fingerprint density at radius 1 is 1.17 bits per heavy atom. The molecule has 1 N–H and O–H groups in total. The Labute approximate surface area is 112 Å². The van der Waals surface area contributed by atoms with E-state index in [-0.39, 0.29) is 0 Å². The topological polar surface area (TPSA) is 12.0 Å². The van der Waals surface area contributed by atoms with E-state index < -0.39 is 0 Å². The minimum atomic E-state index is 0.538. The van der Waals surface area contributed by atoms with Crippen molar-refractivity contribution in [2.45, 2.75) is 52.5 Å². The van der Waals surface area contributed by atoms with Gasteiger partial charge in [0, 0.05) is 6.04 Å². The third kappa shape index (κ3) is 3.84. The maximum absolute atomic E-state index is 3.76. The summed E-state index contributed by atoms with van der Waals surface area (Å²) in [5, 5.41) is 3.76. The molecular formula is C17H27N. The quantitative estimate of drug-likeness (QED) is 0.772. The molecule has 1 nitrogen and oxygen atoms in total. The van der Waals surface area contributed by atoms with Crippen LogP contribution in [0.15, 0.2) is 30.3 Å². The molecule has 18 heavy (non-hydrogen) atoms. The summed E-state index contributed by atoms with van der Waals surface area (Å²) in [6.07, 6.45) is 5.13. The summed E-state index contributed by atoms with van der Waals surface area (Å²) in [6.45, 7) is 8.34. The molecule has 0 radical (unpaired) electrons. The van der Waals surface area contributed by atoms with Gasteiger partial charge in [-0.05, 0) is 49.1 Å². The van der Waals surface area contributed by atoms with E-state index in [0.717, 1.165) is 18.5 Å². The van der Waals surface area contributed by atoms with E-state index in [2.05, 4.69) is 56.4 Å². The molecule has 0 aromatic heterocycles. The highest BCUT2D eigenvalue weighted by Crippen LogP contribution is 2.40. The first-order valence-electron chi connectivity index (χ1n) is 7.34. The van der Waals surface area contributed by atoms with Crippen LogP contribution in [0.3, 0.4) is 0 Å². The summed E-state index contributed by atoms with van der Waals surface area (Å²) < 4.78 is 0. The highest BCUT2D eigenvalue weighted by molar-refractivity contribution is 5.14. The van der Waals surface area contributed by atoms with Crippen LogP contribution in [0.5, 0.6) is 0 Å². The van der Waals surface area contributed by atoms with Crippen molar-refractivity contribution in [3.63, 3.8) is 0 Å². The second-order valence-electron chi connectivity index (χ2n) is 6.70. The van der Waals surface area contributed by atoms with Gasteiger partial charge in [0.05, 0.1) is 0 Å². The molecule has 1 saturated carbocycles. The predicted molar refractivity (Wildman–Crippen MR) is 78.7 cm³/mol. The van der Waals surface area contributed by atoms with Gasteiger partial charge in [0.25, 0.3) is 0 Å². The molecule has 0 saturated heterocycles. The fraction of sp³-hybridized carbons (Fsp3) is 0.647. The molecule has 0 heterocycles. The van der Waals surface area contributed by atoms with Crippen LogP contribution in [-0.2, 0) is 6.42 Å². The average molecular weight is 245 g/mol. The molecule has 1 heteroatoms. The van der Waals surface area contributed by atoms with E-state index in [1.165, 1.54) is 31.2 Å². The number of benzene rings is 1. The molecule has 0 spiro atoms. The van der Waals surface area contributed by atoms with Gasteiger partial charge in [0.15, 0.2) is 0 Å². The van der Waals surface area contributed by atoms with E-state index in [9.17, 15) is 0 Å². The number of hydrogen-bond acceptors (Lipinski definition) is 1. The van der Waals surface area contributed by atoms with E-state index in [4.69, 9.17) is 0 Å². The summed E-state index contributed by atoms with van der Waals surface area (Å²) in [6, 6.07) is 11.5. The molecule has 2 atom stereocenters. The van der Waals surface area contributed by atoms with Gasteiger partial charge in [0.1, 0.15) is 0 Å². The van der Waals surface area contributed by atoms with E-state index in [0.29, 0.717) is 5.41 Å². The van der Waals surface area contributed by atoms with Gasteiger partial charge < -0.3 is 5.32 Å². The van der Waals surface area contributed by atoms with Crippen LogP contribution in [0.2, 0.25) is 0 Å². The van der Waals surface area contributed by atoms with Crippen molar-refractivity contribution < 1.29 is 0 Å². The summed E-state index contributed by atoms with van der Waals surface area (Å²) in [4.78, 5) is 0. The summed E-state index contributed by atoms with van der Waals surface area (Å²) in [5.41, 5.74) is 2.00. The van der Waals surface area contributed by atoms with Crippen LogP contribution in [0.25, 0.3) is 0 Å². The second-order valence-corrected chi connectivity index (χ2v) is 6.70. The standard InChI is InChI=1S/C17H27N/c1-14-12-17(2,3)13-16(14)18-11-7-10-15-8-5-4-6-9-15/h4-6,8-9,14,16,18H,7,10-13H2,1-3H3. The Morgan fingerprint density at radius 3 is 2.50 bits per heavy atom. The highest BCUT2D eigenvalue weighted by atomic mass is 14.9. The highest BCUT2D eigenvalue weighted by Gasteiger charge is 2.35. The van der Waals surface area contributed by atoms with E-state index in [1.807, 2.05) is 0 Å². The minimum absolute atomic E-state index is 0.538. The lowest BCUT2D eigenvalue weighted by atomic mass is 9.91. The molecule has 0 aliphatic heterocycles. The van der Waals surface area contributed by atoms with Crippen molar-refractivity contribution in [3.8, 4) is 0 Å². The van der Waals surface area contributed by atoms with Gasteiger partial charge in [-0.3, -0.25) is 0 Å². The zero-order valence-corrected chi connectivity index (χ0v) is 12.1. The number of rotatable bonds is 5. The monoisotopic (exact) mass is 245 g/mol. The minimum Gasteiger partial charge on any atom is -0.314 e. The van der Waals surface area contributed by atoms with Crippen LogP contribution < -0.4 is 5.32 Å². The van der Waals surface area contributed by atoms with Crippen LogP contribution in [-0.4, -0.2) is 12.6 Å². The van der Waals surface area contributed by atoms with Gasteiger partial charge >= 0.3 is 0 Å². The van der Waals surface area contributed by atoms with Gasteiger partial charge in [-0.2, -0.15) is 0 Å². The van der Waals surface area contributed by atoms with Crippen molar-refractivity contribution in [2.24, 2.45) is 11.3 Å². The molecule has 0 bridgehead atoms. The van der Waals surface area contributed by atoms with Crippen molar-refractivity contribution in [1.29, 1.82) is 0 Å². The lowest BCUT2D eigenvalue weighted by molar-refractivity contribution is 0.362. The van der Waals surface area contributed by atoms with Gasteiger partial charge in [-0.25, -0.2) is 0 Å². The predicted octanol–water partition coefficient (Wildman–Crippen LogP) is 4.03. The van der Waals surface area contributed by atoms with Crippen molar-refractivity contribution in [2.75, 3.05) is 6.54 Å². The molecular weight excluding hydrogens is 218 g/mol. The maximum atomic E-state index is 3.76. The molecule has 1 aromatic carbocycles. The maximum Gasteiger partial charge on any atom is 0.00979 e. The zero-order chi connectivity index (χ0) is 13.0. The lowest BCUT2D eigenvalue weighted by Gasteiger charge is -2.18. The van der Waals surface area contributed by atoms with Crippen molar-refractivity contribution in [1.82, 2.24) is 5.32 Å². The van der Waals surface area contributed by atoms with E-state index >= 15 is 0 Å². The van der Waals surface area contributed by atoms with Crippen LogP contribution in [0.4, 0.5) is 0 Å². The first kappa shape index (κ1) is 13.6. The summed E-state index contributed by atoms with van der Waals surface area (Å²) in [7, 11) is 0. The van der Waals surface area contributed by atoms with Crippen LogP contribution in [0, 0.1) is 11.3 Å². The van der Waals surface area contributed by atoms with Gasteiger partial charge in [0.2, 0.25) is 0 Å². The lowest BCUT2D eigenvalue weighted by Crippen LogP contribution is -2.32. The van der Waals surface area contributed by atoms with Crippen LogP contribution >= 0.6 is 0 Å². The third-order valence-corrected chi connectivity index (χ3v) is 4.23. The number of hydrogen-bond donors (Lipinski definition) is 1. The smallest absolute Gasteiger partial charge is 0.00979 e. The molecule has 1 aliphatic rings. The summed E-state index contributed by atoms with van der Waals surface area (Å²) in [5.74, 6) is 0.830. The van der Waals surface area contributed by atoms with Crippen LogP contribution in [0.1, 0.15) is 45.6 Å². The Bertz CT molecular complexity index is 355. The fourth-order valence-electron chi connectivity index (χ4n) is 3.39. The second kappa shape index (κ2) is 5.88. The average Bonchev–Trinajstić information content (AvgIpc) is 2.59. The molecule has 2 rings (SSSR count).